The summed E-state index contributed by atoms with van der Waals surface area (Å²) >= 11 is 0. The van der Waals surface area contributed by atoms with Crippen molar-refractivity contribution in [2.75, 3.05) is 5.32 Å². The fourth-order valence-electron chi connectivity index (χ4n) is 1.70. The standard InChI is InChI=1S/C11H12BNO/c1-7-2-3-8-6-9(12)4-5-10(8)13-11(7)14/h4-7H,2-3H2,1H3,(H,13,14). The van der Waals surface area contributed by atoms with Gasteiger partial charge in [0, 0.05) is 11.6 Å². The van der Waals surface area contributed by atoms with Crippen molar-refractivity contribution < 1.29 is 4.79 Å². The van der Waals surface area contributed by atoms with Gasteiger partial charge in [-0.1, -0.05) is 24.5 Å². The van der Waals surface area contributed by atoms with Gasteiger partial charge in [0.15, 0.2) is 0 Å². The maximum atomic E-state index is 11.5. The number of hydrogen-bond acceptors (Lipinski definition) is 1. The Balaban J connectivity index is 2.37. The van der Waals surface area contributed by atoms with E-state index in [4.69, 9.17) is 7.85 Å². The van der Waals surface area contributed by atoms with Crippen molar-refractivity contribution >= 4 is 24.9 Å². The quantitative estimate of drug-likeness (QED) is 0.600. The van der Waals surface area contributed by atoms with Crippen LogP contribution < -0.4 is 10.8 Å². The fourth-order valence-corrected chi connectivity index (χ4v) is 1.70. The second-order valence-electron chi connectivity index (χ2n) is 3.85. The van der Waals surface area contributed by atoms with Gasteiger partial charge in [-0.3, -0.25) is 4.79 Å². The van der Waals surface area contributed by atoms with Gasteiger partial charge in [-0.15, -0.1) is 0 Å². The molecule has 1 unspecified atom stereocenters. The summed E-state index contributed by atoms with van der Waals surface area (Å²) in [5.74, 6) is 0.192. The molecule has 1 aromatic carbocycles. The Labute approximate surface area is 85.1 Å². The molecule has 0 aromatic heterocycles. The van der Waals surface area contributed by atoms with E-state index in [0.717, 1.165) is 29.6 Å². The van der Waals surface area contributed by atoms with Gasteiger partial charge in [0.2, 0.25) is 5.91 Å². The molecule has 2 rings (SSSR count). The van der Waals surface area contributed by atoms with E-state index in [1.807, 2.05) is 25.1 Å². The van der Waals surface area contributed by atoms with Crippen molar-refractivity contribution in [3.05, 3.63) is 23.8 Å². The molecule has 0 spiro atoms. The average Bonchev–Trinajstić information content (AvgIpc) is 2.29. The summed E-state index contributed by atoms with van der Waals surface area (Å²) in [6.45, 7) is 1.95. The van der Waals surface area contributed by atoms with Gasteiger partial charge in [0.05, 0.1) is 0 Å². The Morgan fingerprint density at radius 2 is 2.29 bits per heavy atom. The molecule has 2 nitrogen and oxygen atoms in total. The Kier molecular flexibility index (Phi) is 2.32. The zero-order valence-corrected chi connectivity index (χ0v) is 8.21. The molecule has 0 saturated carbocycles. The van der Waals surface area contributed by atoms with Crippen molar-refractivity contribution in [2.24, 2.45) is 5.92 Å². The molecule has 1 aliphatic rings. The lowest BCUT2D eigenvalue weighted by Gasteiger charge is -2.07. The molecule has 1 N–H and O–H groups in total. The number of rotatable bonds is 0. The van der Waals surface area contributed by atoms with Crippen molar-refractivity contribution in [3.63, 3.8) is 0 Å². The maximum absolute atomic E-state index is 11.5. The van der Waals surface area contributed by atoms with Gasteiger partial charge >= 0.3 is 0 Å². The van der Waals surface area contributed by atoms with Crippen LogP contribution in [-0.4, -0.2) is 13.8 Å². The molecular formula is C11H12BNO. The number of nitrogens with one attached hydrogen (secondary N) is 1. The van der Waals surface area contributed by atoms with E-state index in [-0.39, 0.29) is 11.8 Å². The highest BCUT2D eigenvalue weighted by Gasteiger charge is 2.18. The second-order valence-corrected chi connectivity index (χ2v) is 3.85. The molecule has 1 amide bonds. The number of carbonyl (C=O) groups excluding carboxylic acids is 1. The highest BCUT2D eigenvalue weighted by Crippen LogP contribution is 2.22. The normalized spacial score (nSPS) is 20.9. The molecule has 2 radical (unpaired) electrons. The van der Waals surface area contributed by atoms with Crippen LogP contribution in [0.4, 0.5) is 5.69 Å². The summed E-state index contributed by atoms with van der Waals surface area (Å²) < 4.78 is 0. The predicted molar refractivity (Wildman–Crippen MR) is 57.9 cm³/mol. The van der Waals surface area contributed by atoms with Crippen molar-refractivity contribution in [3.8, 4) is 0 Å². The predicted octanol–water partition coefficient (Wildman–Crippen LogP) is 1.00. The summed E-state index contributed by atoms with van der Waals surface area (Å²) in [4.78, 5) is 11.5. The summed E-state index contributed by atoms with van der Waals surface area (Å²) in [5, 5.41) is 2.90. The fraction of sp³-hybridized carbons (Fsp3) is 0.364. The van der Waals surface area contributed by atoms with Crippen LogP contribution in [0.5, 0.6) is 0 Å². The molecule has 1 aromatic rings. The van der Waals surface area contributed by atoms with E-state index in [2.05, 4.69) is 5.32 Å². The van der Waals surface area contributed by atoms with Crippen LogP contribution in [0.15, 0.2) is 18.2 Å². The highest BCUT2D eigenvalue weighted by atomic mass is 16.1. The first-order chi connectivity index (χ1) is 6.66. The molecular weight excluding hydrogens is 173 g/mol. The van der Waals surface area contributed by atoms with Gasteiger partial charge in [0.25, 0.3) is 0 Å². The lowest BCUT2D eigenvalue weighted by Crippen LogP contribution is -2.18. The van der Waals surface area contributed by atoms with E-state index in [0.29, 0.717) is 0 Å². The zero-order chi connectivity index (χ0) is 10.1. The molecule has 0 fully saturated rings. The highest BCUT2D eigenvalue weighted by molar-refractivity contribution is 6.32. The second kappa shape index (κ2) is 3.48. The van der Waals surface area contributed by atoms with E-state index in [1.165, 1.54) is 0 Å². The van der Waals surface area contributed by atoms with Crippen LogP contribution in [0.25, 0.3) is 0 Å². The third-order valence-electron chi connectivity index (χ3n) is 2.68. The first kappa shape index (κ1) is 9.32. The third kappa shape index (κ3) is 1.67. The molecule has 0 saturated heterocycles. The summed E-state index contributed by atoms with van der Waals surface area (Å²) in [6, 6.07) is 5.63. The van der Waals surface area contributed by atoms with Gasteiger partial charge in [-0.05, 0) is 24.5 Å². The van der Waals surface area contributed by atoms with Crippen molar-refractivity contribution in [1.82, 2.24) is 0 Å². The van der Waals surface area contributed by atoms with Gasteiger partial charge in [0.1, 0.15) is 7.85 Å². The Hall–Kier alpha value is -1.25. The molecule has 3 heteroatoms. The Morgan fingerprint density at radius 3 is 3.07 bits per heavy atom. The Bertz CT molecular complexity index is 376. The average molecular weight is 185 g/mol. The van der Waals surface area contributed by atoms with Crippen LogP contribution in [0.1, 0.15) is 18.9 Å². The van der Waals surface area contributed by atoms with Crippen molar-refractivity contribution in [2.45, 2.75) is 19.8 Å². The minimum Gasteiger partial charge on any atom is -0.326 e. The van der Waals surface area contributed by atoms with Crippen LogP contribution in [-0.2, 0) is 11.2 Å². The van der Waals surface area contributed by atoms with Crippen molar-refractivity contribution in [1.29, 1.82) is 0 Å². The molecule has 70 valence electrons. The first-order valence-corrected chi connectivity index (χ1v) is 4.86. The van der Waals surface area contributed by atoms with Crippen LogP contribution in [0, 0.1) is 5.92 Å². The summed E-state index contributed by atoms with van der Waals surface area (Å²) in [6.07, 6.45) is 1.81. The molecule has 1 heterocycles. The molecule has 1 atom stereocenters. The summed E-state index contributed by atoms with van der Waals surface area (Å²) in [5.41, 5.74) is 2.81. The maximum Gasteiger partial charge on any atom is 0.227 e. The first-order valence-electron chi connectivity index (χ1n) is 4.86. The smallest absolute Gasteiger partial charge is 0.227 e. The largest absolute Gasteiger partial charge is 0.326 e. The van der Waals surface area contributed by atoms with Gasteiger partial charge in [-0.25, -0.2) is 0 Å². The van der Waals surface area contributed by atoms with E-state index < -0.39 is 0 Å². The van der Waals surface area contributed by atoms with Crippen LogP contribution in [0.3, 0.4) is 0 Å². The lowest BCUT2D eigenvalue weighted by molar-refractivity contribution is -0.119. The number of hydrogen-bond donors (Lipinski definition) is 1. The monoisotopic (exact) mass is 185 g/mol. The molecule has 1 aliphatic heterocycles. The topological polar surface area (TPSA) is 29.1 Å². The number of carbonyl (C=O) groups is 1. The molecule has 0 aliphatic carbocycles. The van der Waals surface area contributed by atoms with Gasteiger partial charge in [-0.2, -0.15) is 0 Å². The Morgan fingerprint density at radius 1 is 1.50 bits per heavy atom. The third-order valence-corrected chi connectivity index (χ3v) is 2.68. The number of benzene rings is 1. The zero-order valence-electron chi connectivity index (χ0n) is 8.21. The number of aryl methyl sites for hydroxylation is 1. The lowest BCUT2D eigenvalue weighted by atomic mass is 9.92. The van der Waals surface area contributed by atoms with E-state index >= 15 is 0 Å². The van der Waals surface area contributed by atoms with Crippen LogP contribution in [0.2, 0.25) is 0 Å². The summed E-state index contributed by atoms with van der Waals surface area (Å²) in [7, 11) is 5.69. The van der Waals surface area contributed by atoms with Gasteiger partial charge < -0.3 is 5.32 Å². The number of anilines is 1. The minimum absolute atomic E-state index is 0.0867. The molecule has 14 heavy (non-hydrogen) atoms. The number of fused-ring (bicyclic) bond motifs is 1. The van der Waals surface area contributed by atoms with E-state index in [9.17, 15) is 4.79 Å². The molecule has 0 bridgehead atoms. The SMILES string of the molecule is [B]c1ccc2c(c1)CCC(C)C(=O)N2. The van der Waals surface area contributed by atoms with E-state index in [1.54, 1.807) is 0 Å². The minimum atomic E-state index is 0.0867. The number of amides is 1. The van der Waals surface area contributed by atoms with Crippen LogP contribution >= 0.6 is 0 Å².